The molecule has 4 rings (SSSR count). The standard InChI is InChI=1S/C24H27N3O2S/c1-26(14-13-17-7-9-19(10-8-17)23(28)29-2)22-16-25-24(30)27(22)21-12-11-18-5-3-4-6-20(18)15-21/h3-10,16,21H,11-15H2,1-2H3,(H,25,30). The van der Waals surface area contributed by atoms with E-state index in [0.29, 0.717) is 11.6 Å². The van der Waals surface area contributed by atoms with Gasteiger partial charge in [0.2, 0.25) is 0 Å². The van der Waals surface area contributed by atoms with Crippen LogP contribution in [0, 0.1) is 4.77 Å². The van der Waals surface area contributed by atoms with Gasteiger partial charge < -0.3 is 19.2 Å². The van der Waals surface area contributed by atoms with Crippen LogP contribution in [-0.2, 0) is 24.0 Å². The largest absolute Gasteiger partial charge is 0.465 e. The van der Waals surface area contributed by atoms with E-state index in [-0.39, 0.29) is 5.97 Å². The molecule has 1 aliphatic carbocycles. The maximum absolute atomic E-state index is 11.6. The average molecular weight is 422 g/mol. The number of carbonyl (C=O) groups excluding carboxylic acids is 1. The molecule has 0 saturated carbocycles. The van der Waals surface area contributed by atoms with Gasteiger partial charge in [0, 0.05) is 25.8 Å². The number of fused-ring (bicyclic) bond motifs is 1. The number of imidazole rings is 1. The van der Waals surface area contributed by atoms with Crippen LogP contribution in [0.1, 0.15) is 39.5 Å². The first-order chi connectivity index (χ1) is 14.6. The Morgan fingerprint density at radius 2 is 1.93 bits per heavy atom. The summed E-state index contributed by atoms with van der Waals surface area (Å²) in [5, 5.41) is 0. The fraction of sp³-hybridized carbons (Fsp3) is 0.333. The summed E-state index contributed by atoms with van der Waals surface area (Å²) in [5.74, 6) is 0.814. The molecular formula is C24H27N3O2S. The number of aryl methyl sites for hydroxylation is 1. The van der Waals surface area contributed by atoms with E-state index in [2.05, 4.69) is 45.8 Å². The molecule has 0 saturated heterocycles. The third-order valence-electron chi connectivity index (χ3n) is 5.98. The molecule has 0 fully saturated rings. The van der Waals surface area contributed by atoms with E-state index < -0.39 is 0 Å². The molecule has 0 radical (unpaired) electrons. The fourth-order valence-electron chi connectivity index (χ4n) is 4.25. The number of anilines is 1. The molecule has 156 valence electrons. The van der Waals surface area contributed by atoms with Gasteiger partial charge in [0.1, 0.15) is 5.82 Å². The lowest BCUT2D eigenvalue weighted by Crippen LogP contribution is -2.27. The fourth-order valence-corrected chi connectivity index (χ4v) is 4.55. The van der Waals surface area contributed by atoms with Crippen molar-refractivity contribution < 1.29 is 9.53 Å². The van der Waals surface area contributed by atoms with Crippen LogP contribution < -0.4 is 4.90 Å². The Balaban J connectivity index is 1.46. The number of H-pyrrole nitrogens is 1. The van der Waals surface area contributed by atoms with Crippen molar-refractivity contribution in [3.05, 3.63) is 81.8 Å². The summed E-state index contributed by atoms with van der Waals surface area (Å²) in [4.78, 5) is 17.1. The highest BCUT2D eigenvalue weighted by Crippen LogP contribution is 2.32. The second kappa shape index (κ2) is 8.88. The smallest absolute Gasteiger partial charge is 0.337 e. The van der Waals surface area contributed by atoms with Crippen LogP contribution >= 0.6 is 12.2 Å². The number of nitrogens with zero attached hydrogens (tertiary/aromatic N) is 2. The Morgan fingerprint density at radius 1 is 1.20 bits per heavy atom. The van der Waals surface area contributed by atoms with Crippen LogP contribution in [0.5, 0.6) is 0 Å². The minimum Gasteiger partial charge on any atom is -0.465 e. The lowest BCUT2D eigenvalue weighted by molar-refractivity contribution is 0.0600. The number of hydrogen-bond donors (Lipinski definition) is 1. The molecule has 5 nitrogen and oxygen atoms in total. The molecule has 6 heteroatoms. The van der Waals surface area contributed by atoms with Gasteiger partial charge in [-0.05, 0) is 66.7 Å². The first-order valence-electron chi connectivity index (χ1n) is 10.3. The number of nitrogens with one attached hydrogen (secondary N) is 1. The molecule has 0 bridgehead atoms. The SMILES string of the molecule is COC(=O)c1ccc(CCN(C)c2c[nH]c(=S)n2C2CCc3ccccc3C2)cc1. The highest BCUT2D eigenvalue weighted by Gasteiger charge is 2.23. The van der Waals surface area contributed by atoms with Crippen molar-refractivity contribution >= 4 is 24.0 Å². The van der Waals surface area contributed by atoms with Crippen LogP contribution in [0.2, 0.25) is 0 Å². The number of aromatic nitrogens is 2. The third-order valence-corrected chi connectivity index (χ3v) is 6.29. The van der Waals surface area contributed by atoms with Crippen molar-refractivity contribution in [3.63, 3.8) is 0 Å². The summed E-state index contributed by atoms with van der Waals surface area (Å²) in [7, 11) is 3.50. The van der Waals surface area contributed by atoms with Gasteiger partial charge >= 0.3 is 5.97 Å². The van der Waals surface area contributed by atoms with Crippen molar-refractivity contribution in [2.24, 2.45) is 0 Å². The lowest BCUT2D eigenvalue weighted by Gasteiger charge is -2.29. The van der Waals surface area contributed by atoms with Crippen molar-refractivity contribution in [2.45, 2.75) is 31.7 Å². The van der Waals surface area contributed by atoms with E-state index >= 15 is 0 Å². The molecule has 1 unspecified atom stereocenters. The number of hydrogen-bond acceptors (Lipinski definition) is 4. The zero-order valence-corrected chi connectivity index (χ0v) is 18.2. The predicted octanol–water partition coefficient (Wildman–Crippen LogP) is 4.74. The minimum atomic E-state index is -0.306. The number of ether oxygens (including phenoxy) is 1. The maximum atomic E-state index is 11.6. The molecule has 0 amide bonds. The van der Waals surface area contributed by atoms with Crippen LogP contribution in [0.15, 0.2) is 54.7 Å². The Labute approximate surface area is 182 Å². The number of aromatic amines is 1. The third kappa shape index (κ3) is 4.19. The second-order valence-electron chi connectivity index (χ2n) is 7.85. The van der Waals surface area contributed by atoms with Gasteiger partial charge in [0.05, 0.1) is 12.7 Å². The van der Waals surface area contributed by atoms with Gasteiger partial charge in [0.25, 0.3) is 0 Å². The summed E-state index contributed by atoms with van der Waals surface area (Å²) in [6, 6.07) is 16.7. The van der Waals surface area contributed by atoms with Crippen LogP contribution in [0.4, 0.5) is 5.82 Å². The number of likely N-dealkylation sites (N-methyl/N-ethyl adjacent to an activating group) is 1. The van der Waals surface area contributed by atoms with Gasteiger partial charge in [-0.15, -0.1) is 0 Å². The molecule has 1 atom stereocenters. The summed E-state index contributed by atoms with van der Waals surface area (Å²) >= 11 is 5.64. The first-order valence-corrected chi connectivity index (χ1v) is 10.7. The predicted molar refractivity (Wildman–Crippen MR) is 122 cm³/mol. The minimum absolute atomic E-state index is 0.306. The van der Waals surface area contributed by atoms with Crippen LogP contribution in [0.25, 0.3) is 0 Å². The van der Waals surface area contributed by atoms with Gasteiger partial charge in [-0.3, -0.25) is 0 Å². The van der Waals surface area contributed by atoms with Gasteiger partial charge in [0.15, 0.2) is 4.77 Å². The molecule has 1 heterocycles. The zero-order valence-electron chi connectivity index (χ0n) is 17.4. The molecule has 1 N–H and O–H groups in total. The number of esters is 1. The molecule has 3 aromatic rings. The normalized spacial score (nSPS) is 15.5. The van der Waals surface area contributed by atoms with E-state index in [1.165, 1.54) is 23.8 Å². The van der Waals surface area contributed by atoms with Crippen molar-refractivity contribution in [3.8, 4) is 0 Å². The van der Waals surface area contributed by atoms with E-state index in [4.69, 9.17) is 17.0 Å². The number of carbonyl (C=O) groups is 1. The number of rotatable bonds is 6. The molecule has 2 aromatic carbocycles. The molecule has 0 spiro atoms. The van der Waals surface area contributed by atoms with Crippen molar-refractivity contribution in [1.29, 1.82) is 0 Å². The van der Waals surface area contributed by atoms with Gasteiger partial charge in [-0.25, -0.2) is 4.79 Å². The Kier molecular flexibility index (Phi) is 6.04. The highest BCUT2D eigenvalue weighted by molar-refractivity contribution is 7.71. The number of methoxy groups -OCH3 is 1. The summed E-state index contributed by atoms with van der Waals surface area (Å²) in [5.41, 5.74) is 4.64. The molecule has 30 heavy (non-hydrogen) atoms. The highest BCUT2D eigenvalue weighted by atomic mass is 32.1. The van der Waals surface area contributed by atoms with Crippen LogP contribution in [0.3, 0.4) is 0 Å². The average Bonchev–Trinajstić information content (AvgIpc) is 3.18. The maximum Gasteiger partial charge on any atom is 0.337 e. The Morgan fingerprint density at radius 3 is 2.67 bits per heavy atom. The Hall–Kier alpha value is -2.86. The van der Waals surface area contributed by atoms with E-state index in [9.17, 15) is 4.79 Å². The lowest BCUT2D eigenvalue weighted by atomic mass is 9.88. The summed E-state index contributed by atoms with van der Waals surface area (Å²) in [6.45, 7) is 0.855. The Bertz CT molecular complexity index is 1080. The molecular weight excluding hydrogens is 394 g/mol. The van der Waals surface area contributed by atoms with Crippen LogP contribution in [-0.4, -0.2) is 36.2 Å². The molecule has 1 aromatic heterocycles. The van der Waals surface area contributed by atoms with Gasteiger partial charge in [-0.1, -0.05) is 36.4 Å². The summed E-state index contributed by atoms with van der Waals surface area (Å²) < 4.78 is 7.83. The topological polar surface area (TPSA) is 50.3 Å². The quantitative estimate of drug-likeness (QED) is 0.461. The van der Waals surface area contributed by atoms with Crippen molar-refractivity contribution in [2.75, 3.05) is 25.6 Å². The van der Waals surface area contributed by atoms with E-state index in [1.54, 1.807) is 0 Å². The monoisotopic (exact) mass is 421 g/mol. The van der Waals surface area contributed by atoms with E-state index in [0.717, 1.165) is 42.8 Å². The number of benzene rings is 2. The summed E-state index contributed by atoms with van der Waals surface area (Å²) in [6.07, 6.45) is 6.09. The first kappa shape index (κ1) is 20.4. The van der Waals surface area contributed by atoms with Gasteiger partial charge in [-0.2, -0.15) is 0 Å². The van der Waals surface area contributed by atoms with E-state index in [1.807, 2.05) is 30.5 Å². The second-order valence-corrected chi connectivity index (χ2v) is 8.23. The van der Waals surface area contributed by atoms with Crippen molar-refractivity contribution in [1.82, 2.24) is 9.55 Å². The molecule has 0 aliphatic heterocycles. The molecule has 1 aliphatic rings. The zero-order chi connectivity index (χ0) is 21.1.